The highest BCUT2D eigenvalue weighted by Crippen LogP contribution is 2.30. The minimum Gasteiger partial charge on any atom is -0.343 e. The zero-order chi connectivity index (χ0) is 23.0. The second-order valence-corrected chi connectivity index (χ2v) is 8.92. The SMILES string of the molecule is C#CN[C@H](C)[C@H](CN(C)CC)c1cc(CCC)c(C)cc1Cc1ccc(C(=C)C)cc1. The Balaban J connectivity index is 2.53. The number of rotatable bonds is 11. The molecule has 2 aromatic carbocycles. The van der Waals surface area contributed by atoms with Crippen molar-refractivity contribution >= 4 is 5.57 Å². The number of hydrogen-bond donors (Lipinski definition) is 1. The third-order valence-electron chi connectivity index (χ3n) is 6.32. The number of allylic oxidation sites excluding steroid dienone is 1. The molecule has 166 valence electrons. The molecule has 2 heteroatoms. The molecule has 0 heterocycles. The summed E-state index contributed by atoms with van der Waals surface area (Å²) in [6, 6.07) is 16.6. The number of nitrogens with one attached hydrogen (secondary N) is 1. The van der Waals surface area contributed by atoms with Gasteiger partial charge in [0, 0.05) is 24.5 Å². The first kappa shape index (κ1) is 24.8. The molecule has 0 fully saturated rings. The fraction of sp³-hybridized carbons (Fsp3) is 0.448. The van der Waals surface area contributed by atoms with Crippen LogP contribution in [-0.4, -0.2) is 31.1 Å². The van der Waals surface area contributed by atoms with Gasteiger partial charge in [0.05, 0.1) is 0 Å². The van der Waals surface area contributed by atoms with Crippen molar-refractivity contribution in [2.75, 3.05) is 20.1 Å². The van der Waals surface area contributed by atoms with Crippen LogP contribution in [0.1, 0.15) is 73.4 Å². The summed E-state index contributed by atoms with van der Waals surface area (Å²) < 4.78 is 0. The van der Waals surface area contributed by atoms with Gasteiger partial charge in [0.1, 0.15) is 0 Å². The lowest BCUT2D eigenvalue weighted by Crippen LogP contribution is -2.37. The molecule has 2 aromatic rings. The smallest absolute Gasteiger partial charge is 0.0393 e. The minimum absolute atomic E-state index is 0.195. The van der Waals surface area contributed by atoms with E-state index in [1.54, 1.807) is 0 Å². The molecule has 0 unspecified atom stereocenters. The van der Waals surface area contributed by atoms with Gasteiger partial charge in [-0.15, -0.1) is 0 Å². The van der Waals surface area contributed by atoms with E-state index in [1.165, 1.54) is 33.4 Å². The number of terminal acetylenes is 1. The molecule has 2 atom stereocenters. The van der Waals surface area contributed by atoms with Crippen LogP contribution < -0.4 is 5.32 Å². The third kappa shape index (κ3) is 6.74. The summed E-state index contributed by atoms with van der Waals surface area (Å²) in [6.45, 7) is 17.0. The van der Waals surface area contributed by atoms with Gasteiger partial charge in [-0.3, -0.25) is 0 Å². The van der Waals surface area contributed by atoms with Crippen molar-refractivity contribution in [3.63, 3.8) is 0 Å². The lowest BCUT2D eigenvalue weighted by Gasteiger charge is -2.31. The summed E-state index contributed by atoms with van der Waals surface area (Å²) in [5, 5.41) is 3.24. The lowest BCUT2D eigenvalue weighted by atomic mass is 9.83. The average Bonchev–Trinajstić information content (AvgIpc) is 2.74. The second-order valence-electron chi connectivity index (χ2n) is 8.92. The number of nitrogens with zero attached hydrogens (tertiary/aromatic N) is 1. The molecule has 0 aliphatic rings. The normalized spacial score (nSPS) is 13.0. The molecule has 0 aromatic heterocycles. The predicted octanol–water partition coefficient (Wildman–Crippen LogP) is 6.18. The van der Waals surface area contributed by atoms with Crippen LogP contribution in [0.3, 0.4) is 0 Å². The highest BCUT2D eigenvalue weighted by molar-refractivity contribution is 5.61. The Morgan fingerprint density at radius 3 is 2.39 bits per heavy atom. The van der Waals surface area contributed by atoms with E-state index >= 15 is 0 Å². The zero-order valence-electron chi connectivity index (χ0n) is 20.4. The summed E-state index contributed by atoms with van der Waals surface area (Å²) in [5.41, 5.74) is 9.30. The van der Waals surface area contributed by atoms with Crippen molar-refractivity contribution < 1.29 is 0 Å². The highest BCUT2D eigenvalue weighted by atomic mass is 15.1. The first-order valence-electron chi connectivity index (χ1n) is 11.6. The molecule has 0 aliphatic carbocycles. The first-order chi connectivity index (χ1) is 14.8. The van der Waals surface area contributed by atoms with Gasteiger partial charge >= 0.3 is 0 Å². The summed E-state index contributed by atoms with van der Waals surface area (Å²) in [4.78, 5) is 2.38. The fourth-order valence-electron chi connectivity index (χ4n) is 4.22. The van der Waals surface area contributed by atoms with Crippen LogP contribution in [0.25, 0.3) is 5.57 Å². The molecule has 0 radical (unpaired) electrons. The monoisotopic (exact) mass is 416 g/mol. The van der Waals surface area contributed by atoms with Gasteiger partial charge in [-0.2, -0.15) is 0 Å². The topological polar surface area (TPSA) is 15.3 Å². The molecule has 0 saturated carbocycles. The van der Waals surface area contributed by atoms with Crippen molar-refractivity contribution in [3.05, 3.63) is 76.4 Å². The number of aryl methyl sites for hydroxylation is 2. The van der Waals surface area contributed by atoms with E-state index in [1.807, 2.05) is 0 Å². The van der Waals surface area contributed by atoms with E-state index < -0.39 is 0 Å². The molecule has 2 rings (SSSR count). The largest absolute Gasteiger partial charge is 0.343 e. The third-order valence-corrected chi connectivity index (χ3v) is 6.32. The fourth-order valence-corrected chi connectivity index (χ4v) is 4.22. The van der Waals surface area contributed by atoms with Crippen LogP contribution in [0.2, 0.25) is 0 Å². The maximum atomic E-state index is 5.63. The summed E-state index contributed by atoms with van der Waals surface area (Å²) in [6.07, 6.45) is 8.82. The van der Waals surface area contributed by atoms with E-state index in [0.717, 1.165) is 37.9 Å². The molecule has 1 N–H and O–H groups in total. The standard InChI is InChI=1S/C29H40N2/c1-9-12-26-19-28(29(20-31(8)11-3)23(7)30-10-2)27(17-22(26)6)18-24-13-15-25(16-14-24)21(4)5/h2,13-17,19,23,29-30H,4,9,11-12,18,20H2,1,3,5-8H3/t23-,29+/m1/s1. The van der Waals surface area contributed by atoms with Crippen molar-refractivity contribution in [3.8, 4) is 12.5 Å². The van der Waals surface area contributed by atoms with Gasteiger partial charge in [0.2, 0.25) is 0 Å². The van der Waals surface area contributed by atoms with Gasteiger partial charge < -0.3 is 10.2 Å². The molecule has 0 bridgehead atoms. The van der Waals surface area contributed by atoms with E-state index in [0.29, 0.717) is 5.92 Å². The molecular formula is C29H40N2. The zero-order valence-corrected chi connectivity index (χ0v) is 20.4. The van der Waals surface area contributed by atoms with Crippen LogP contribution in [0.4, 0.5) is 0 Å². The van der Waals surface area contributed by atoms with E-state index in [-0.39, 0.29) is 6.04 Å². The molecular weight excluding hydrogens is 376 g/mol. The number of likely N-dealkylation sites (N-methyl/N-ethyl adjacent to an activating group) is 1. The maximum Gasteiger partial charge on any atom is 0.0393 e. The Bertz CT molecular complexity index is 902. The molecule has 0 amide bonds. The Labute approximate surface area is 190 Å². The minimum atomic E-state index is 0.195. The number of hydrogen-bond acceptors (Lipinski definition) is 2. The average molecular weight is 417 g/mol. The van der Waals surface area contributed by atoms with Gasteiger partial charge in [0.15, 0.2) is 0 Å². The van der Waals surface area contributed by atoms with Crippen molar-refractivity contribution in [1.29, 1.82) is 0 Å². The van der Waals surface area contributed by atoms with Gasteiger partial charge in [0.25, 0.3) is 0 Å². The van der Waals surface area contributed by atoms with Crippen molar-refractivity contribution in [1.82, 2.24) is 10.2 Å². The molecule has 0 spiro atoms. The van der Waals surface area contributed by atoms with Gasteiger partial charge in [-0.25, -0.2) is 0 Å². The van der Waals surface area contributed by atoms with Gasteiger partial charge in [-0.05, 0) is 80.6 Å². The summed E-state index contributed by atoms with van der Waals surface area (Å²) in [7, 11) is 2.19. The molecule has 2 nitrogen and oxygen atoms in total. The molecule has 31 heavy (non-hydrogen) atoms. The number of benzene rings is 2. The van der Waals surface area contributed by atoms with Gasteiger partial charge in [-0.1, -0.05) is 75.2 Å². The van der Waals surface area contributed by atoms with E-state index in [4.69, 9.17) is 6.42 Å². The van der Waals surface area contributed by atoms with Crippen LogP contribution >= 0.6 is 0 Å². The quantitative estimate of drug-likeness (QED) is 0.348. The summed E-state index contributed by atoms with van der Waals surface area (Å²) >= 11 is 0. The Morgan fingerprint density at radius 1 is 1.16 bits per heavy atom. The van der Waals surface area contributed by atoms with E-state index in [9.17, 15) is 0 Å². The highest BCUT2D eigenvalue weighted by Gasteiger charge is 2.24. The first-order valence-corrected chi connectivity index (χ1v) is 11.6. The van der Waals surface area contributed by atoms with Crippen LogP contribution in [0.5, 0.6) is 0 Å². The second kappa shape index (κ2) is 11.8. The Hall–Kier alpha value is -2.50. The Kier molecular flexibility index (Phi) is 9.41. The van der Waals surface area contributed by atoms with Crippen LogP contribution in [-0.2, 0) is 12.8 Å². The van der Waals surface area contributed by atoms with E-state index in [2.05, 4.69) is 101 Å². The van der Waals surface area contributed by atoms with Crippen molar-refractivity contribution in [2.45, 2.75) is 65.8 Å². The summed E-state index contributed by atoms with van der Waals surface area (Å²) in [5.74, 6) is 0.321. The molecule has 0 saturated heterocycles. The van der Waals surface area contributed by atoms with Crippen LogP contribution in [0.15, 0.2) is 43.0 Å². The molecule has 0 aliphatic heterocycles. The van der Waals surface area contributed by atoms with Crippen molar-refractivity contribution in [2.24, 2.45) is 0 Å². The maximum absolute atomic E-state index is 5.63. The Morgan fingerprint density at radius 2 is 1.84 bits per heavy atom. The van der Waals surface area contributed by atoms with Crippen LogP contribution in [0, 0.1) is 19.4 Å². The lowest BCUT2D eigenvalue weighted by molar-refractivity contribution is 0.303. The predicted molar refractivity (Wildman–Crippen MR) is 136 cm³/mol.